The summed E-state index contributed by atoms with van der Waals surface area (Å²) in [5.74, 6) is 2.11. The highest BCUT2D eigenvalue weighted by molar-refractivity contribution is 5.55. The van der Waals surface area contributed by atoms with Crippen molar-refractivity contribution < 1.29 is 0 Å². The summed E-state index contributed by atoms with van der Waals surface area (Å²) in [7, 11) is 2.18. The van der Waals surface area contributed by atoms with E-state index in [1.165, 1.54) is 25.5 Å². The zero-order chi connectivity index (χ0) is 16.9. The molecular formula is C18H25N5O. The van der Waals surface area contributed by atoms with Crippen molar-refractivity contribution >= 4 is 5.82 Å². The molecule has 0 amide bonds. The van der Waals surface area contributed by atoms with Gasteiger partial charge in [0.1, 0.15) is 11.6 Å². The molecule has 0 saturated carbocycles. The predicted molar refractivity (Wildman–Crippen MR) is 96.2 cm³/mol. The van der Waals surface area contributed by atoms with Crippen LogP contribution < -0.4 is 10.9 Å². The van der Waals surface area contributed by atoms with Crippen molar-refractivity contribution in [3.8, 4) is 11.4 Å². The zero-order valence-corrected chi connectivity index (χ0v) is 14.4. The van der Waals surface area contributed by atoms with Crippen molar-refractivity contribution in [1.82, 2.24) is 19.9 Å². The van der Waals surface area contributed by atoms with Crippen LogP contribution >= 0.6 is 0 Å². The van der Waals surface area contributed by atoms with Crippen LogP contribution in [0, 0.1) is 5.92 Å². The molecule has 1 fully saturated rings. The molecule has 2 N–H and O–H groups in total. The van der Waals surface area contributed by atoms with Crippen molar-refractivity contribution in [2.75, 3.05) is 32.0 Å². The second-order valence-electron chi connectivity index (χ2n) is 6.52. The molecule has 2 aromatic rings. The molecule has 128 valence electrons. The predicted octanol–water partition coefficient (Wildman–Crippen LogP) is 2.15. The molecule has 6 nitrogen and oxygen atoms in total. The number of nitrogens with one attached hydrogen (secondary N) is 2. The van der Waals surface area contributed by atoms with Gasteiger partial charge in [0.2, 0.25) is 0 Å². The minimum atomic E-state index is -0.125. The molecule has 3 heterocycles. The van der Waals surface area contributed by atoms with Gasteiger partial charge in [-0.1, -0.05) is 6.92 Å². The summed E-state index contributed by atoms with van der Waals surface area (Å²) in [5, 5.41) is 3.42. The van der Waals surface area contributed by atoms with Gasteiger partial charge in [0, 0.05) is 36.6 Å². The molecule has 0 bridgehead atoms. The number of aromatic amines is 1. The van der Waals surface area contributed by atoms with E-state index < -0.39 is 0 Å². The lowest BCUT2D eigenvalue weighted by atomic mass is 9.98. The summed E-state index contributed by atoms with van der Waals surface area (Å²) in [6, 6.07) is 5.43. The van der Waals surface area contributed by atoms with Crippen LogP contribution in [-0.4, -0.2) is 46.5 Å². The lowest BCUT2D eigenvalue weighted by Crippen LogP contribution is -2.35. The van der Waals surface area contributed by atoms with E-state index in [1.54, 1.807) is 6.20 Å². The molecule has 0 radical (unpaired) electrons. The number of piperidine rings is 1. The molecular weight excluding hydrogens is 302 g/mol. The lowest BCUT2D eigenvalue weighted by Gasteiger charge is -2.29. The summed E-state index contributed by atoms with van der Waals surface area (Å²) < 4.78 is 0. The highest BCUT2D eigenvalue weighted by Gasteiger charge is 2.16. The normalized spacial score (nSPS) is 18.5. The molecule has 1 atom stereocenters. The average molecular weight is 327 g/mol. The van der Waals surface area contributed by atoms with Gasteiger partial charge in [0.05, 0.1) is 0 Å². The van der Waals surface area contributed by atoms with E-state index in [-0.39, 0.29) is 5.56 Å². The van der Waals surface area contributed by atoms with Gasteiger partial charge in [-0.2, -0.15) is 0 Å². The molecule has 24 heavy (non-hydrogen) atoms. The molecule has 1 unspecified atom stereocenters. The van der Waals surface area contributed by atoms with Crippen LogP contribution in [0.4, 0.5) is 5.82 Å². The Hall–Kier alpha value is -2.21. The van der Waals surface area contributed by atoms with Crippen molar-refractivity contribution in [3.63, 3.8) is 0 Å². The number of pyridine rings is 1. The molecule has 3 rings (SSSR count). The fraction of sp³-hybridized carbons (Fsp3) is 0.500. The van der Waals surface area contributed by atoms with E-state index in [0.29, 0.717) is 11.7 Å². The highest BCUT2D eigenvalue weighted by atomic mass is 16.1. The zero-order valence-electron chi connectivity index (χ0n) is 14.4. The topological polar surface area (TPSA) is 73.9 Å². The van der Waals surface area contributed by atoms with Gasteiger partial charge in [-0.3, -0.25) is 4.79 Å². The Morgan fingerprint density at radius 3 is 3.00 bits per heavy atom. The van der Waals surface area contributed by atoms with Gasteiger partial charge >= 0.3 is 0 Å². The van der Waals surface area contributed by atoms with Crippen LogP contribution in [0.5, 0.6) is 0 Å². The number of aromatic nitrogens is 3. The van der Waals surface area contributed by atoms with E-state index in [2.05, 4.69) is 32.2 Å². The molecule has 1 saturated heterocycles. The maximum absolute atomic E-state index is 11.7. The number of nitrogens with zero attached hydrogens (tertiary/aromatic N) is 3. The quantitative estimate of drug-likeness (QED) is 0.880. The number of hydrogen-bond donors (Lipinski definition) is 2. The van der Waals surface area contributed by atoms with Crippen LogP contribution in [0.25, 0.3) is 11.4 Å². The number of H-pyrrole nitrogens is 1. The Kier molecular flexibility index (Phi) is 5.25. The maximum Gasteiger partial charge on any atom is 0.251 e. The second kappa shape index (κ2) is 7.57. The SMILES string of the molecule is CCc1cc(=O)[nH]c(-c2ccc(NCC3CCCN(C)C3)nc2)n1. The molecule has 0 aliphatic carbocycles. The Balaban J connectivity index is 1.65. The van der Waals surface area contributed by atoms with E-state index in [1.807, 2.05) is 19.1 Å². The third kappa shape index (κ3) is 4.20. The molecule has 1 aliphatic heterocycles. The van der Waals surface area contributed by atoms with Crippen LogP contribution in [0.3, 0.4) is 0 Å². The van der Waals surface area contributed by atoms with Crippen molar-refractivity contribution in [2.45, 2.75) is 26.2 Å². The first-order chi connectivity index (χ1) is 11.6. The average Bonchev–Trinajstić information content (AvgIpc) is 2.60. The number of hydrogen-bond acceptors (Lipinski definition) is 5. The third-order valence-electron chi connectivity index (χ3n) is 4.49. The first-order valence-corrected chi connectivity index (χ1v) is 8.63. The maximum atomic E-state index is 11.7. The van der Waals surface area contributed by atoms with Crippen molar-refractivity contribution in [1.29, 1.82) is 0 Å². The van der Waals surface area contributed by atoms with Crippen LogP contribution in [-0.2, 0) is 6.42 Å². The second-order valence-corrected chi connectivity index (χ2v) is 6.52. The largest absolute Gasteiger partial charge is 0.370 e. The first kappa shape index (κ1) is 16.6. The Bertz CT molecular complexity index is 725. The summed E-state index contributed by atoms with van der Waals surface area (Å²) in [4.78, 5) is 25.8. The van der Waals surface area contributed by atoms with E-state index in [4.69, 9.17) is 0 Å². The van der Waals surface area contributed by atoms with Crippen molar-refractivity contribution in [2.24, 2.45) is 5.92 Å². The Morgan fingerprint density at radius 2 is 2.29 bits per heavy atom. The van der Waals surface area contributed by atoms with Gasteiger partial charge in [-0.15, -0.1) is 0 Å². The fourth-order valence-electron chi connectivity index (χ4n) is 3.15. The number of likely N-dealkylation sites (tertiary alicyclic amines) is 1. The van der Waals surface area contributed by atoms with Crippen LogP contribution in [0.2, 0.25) is 0 Å². The summed E-state index contributed by atoms with van der Waals surface area (Å²) in [5.41, 5.74) is 1.49. The van der Waals surface area contributed by atoms with Gasteiger partial charge in [0.25, 0.3) is 5.56 Å². The smallest absolute Gasteiger partial charge is 0.251 e. The lowest BCUT2D eigenvalue weighted by molar-refractivity contribution is 0.217. The van der Waals surface area contributed by atoms with Gasteiger partial charge in [-0.25, -0.2) is 9.97 Å². The molecule has 0 spiro atoms. The first-order valence-electron chi connectivity index (χ1n) is 8.63. The molecule has 1 aliphatic rings. The van der Waals surface area contributed by atoms with Crippen molar-refractivity contribution in [3.05, 3.63) is 40.4 Å². The fourth-order valence-corrected chi connectivity index (χ4v) is 3.15. The monoisotopic (exact) mass is 327 g/mol. The minimum absolute atomic E-state index is 0.125. The standard InChI is InChI=1S/C18H25N5O/c1-3-15-9-17(24)22-18(21-15)14-6-7-16(20-11-14)19-10-13-5-4-8-23(2)12-13/h6-7,9,11,13H,3-5,8,10,12H2,1-2H3,(H,19,20)(H,21,22,24). The minimum Gasteiger partial charge on any atom is -0.370 e. The number of rotatable bonds is 5. The third-order valence-corrected chi connectivity index (χ3v) is 4.49. The van der Waals surface area contributed by atoms with Gasteiger partial charge < -0.3 is 15.2 Å². The molecule has 0 aromatic carbocycles. The summed E-state index contributed by atoms with van der Waals surface area (Å²) in [6.07, 6.45) is 5.03. The summed E-state index contributed by atoms with van der Waals surface area (Å²) in [6.45, 7) is 5.27. The van der Waals surface area contributed by atoms with Crippen LogP contribution in [0.1, 0.15) is 25.5 Å². The number of anilines is 1. The van der Waals surface area contributed by atoms with E-state index in [9.17, 15) is 4.79 Å². The highest BCUT2D eigenvalue weighted by Crippen LogP contribution is 2.18. The van der Waals surface area contributed by atoms with Gasteiger partial charge in [-0.05, 0) is 50.9 Å². The Labute approximate surface area is 142 Å². The summed E-state index contributed by atoms with van der Waals surface area (Å²) >= 11 is 0. The number of aryl methyl sites for hydroxylation is 1. The Morgan fingerprint density at radius 1 is 1.42 bits per heavy atom. The van der Waals surface area contributed by atoms with E-state index >= 15 is 0 Å². The molecule has 6 heteroatoms. The van der Waals surface area contributed by atoms with E-state index in [0.717, 1.165) is 36.6 Å². The molecule has 2 aromatic heterocycles. The van der Waals surface area contributed by atoms with Gasteiger partial charge in [0.15, 0.2) is 0 Å². The van der Waals surface area contributed by atoms with Crippen LogP contribution in [0.15, 0.2) is 29.2 Å².